The number of esters is 1. The summed E-state index contributed by atoms with van der Waals surface area (Å²) in [4.78, 5) is 35.0. The van der Waals surface area contributed by atoms with E-state index in [9.17, 15) is 25.0 Å². The Morgan fingerprint density at radius 1 is 1.05 bits per heavy atom. The molecule has 0 radical (unpaired) electrons. The van der Waals surface area contributed by atoms with Crippen LogP contribution in [0.4, 0.5) is 11.4 Å². The zero-order valence-corrected chi connectivity index (χ0v) is 23.3. The van der Waals surface area contributed by atoms with Gasteiger partial charge in [0.1, 0.15) is 18.2 Å². The summed E-state index contributed by atoms with van der Waals surface area (Å²) in [5.74, 6) is -0.192. The molecule has 0 saturated carbocycles. The van der Waals surface area contributed by atoms with Gasteiger partial charge in [0, 0.05) is 17.8 Å². The van der Waals surface area contributed by atoms with E-state index in [1.54, 1.807) is 43.3 Å². The molecule has 0 unspecified atom stereocenters. The van der Waals surface area contributed by atoms with Crippen LogP contribution in [0.3, 0.4) is 0 Å². The maximum atomic E-state index is 12.8. The van der Waals surface area contributed by atoms with Crippen LogP contribution < -0.4 is 14.8 Å². The smallest absolute Gasteiger partial charge is 0.338 e. The van der Waals surface area contributed by atoms with Crippen molar-refractivity contribution in [3.8, 4) is 17.6 Å². The van der Waals surface area contributed by atoms with E-state index in [4.69, 9.17) is 14.2 Å². The van der Waals surface area contributed by atoms with Crippen molar-refractivity contribution in [1.29, 1.82) is 5.26 Å². The quantitative estimate of drug-likeness (QED) is 0.0682. The number of nitrogens with zero attached hydrogens (tertiary/aromatic N) is 2. The number of halogens is 1. The Morgan fingerprint density at radius 2 is 1.74 bits per heavy atom. The van der Waals surface area contributed by atoms with Gasteiger partial charge in [-0.1, -0.05) is 0 Å². The molecule has 0 atom stereocenters. The molecule has 0 spiro atoms. The average Bonchev–Trinajstić information content (AvgIpc) is 2.92. The van der Waals surface area contributed by atoms with E-state index in [1.165, 1.54) is 30.3 Å². The first kappa shape index (κ1) is 29.1. The number of nitriles is 1. The molecule has 0 saturated heterocycles. The van der Waals surface area contributed by atoms with Crippen molar-refractivity contribution >= 4 is 51.9 Å². The van der Waals surface area contributed by atoms with Crippen molar-refractivity contribution < 1.29 is 28.7 Å². The molecular weight excluding hydrogens is 617 g/mol. The summed E-state index contributed by atoms with van der Waals surface area (Å²) in [5.41, 5.74) is 1.90. The molecule has 200 valence electrons. The zero-order chi connectivity index (χ0) is 28.4. The van der Waals surface area contributed by atoms with Crippen LogP contribution >= 0.6 is 22.6 Å². The van der Waals surface area contributed by atoms with Gasteiger partial charge in [-0.2, -0.15) is 5.26 Å². The number of carbonyl (C=O) groups excluding carboxylic acids is 2. The van der Waals surface area contributed by atoms with Crippen LogP contribution in [0.5, 0.6) is 11.5 Å². The predicted octanol–water partition coefficient (Wildman–Crippen LogP) is 5.90. The zero-order valence-electron chi connectivity index (χ0n) is 21.1. The first-order chi connectivity index (χ1) is 18.7. The number of carbonyl (C=O) groups is 2. The van der Waals surface area contributed by atoms with Gasteiger partial charge in [-0.05, 0) is 102 Å². The number of non-ortho nitro benzene ring substituents is 1. The van der Waals surface area contributed by atoms with Crippen LogP contribution in [-0.4, -0.2) is 30.0 Å². The molecule has 0 aromatic heterocycles. The molecule has 3 rings (SSSR count). The lowest BCUT2D eigenvalue weighted by Crippen LogP contribution is -2.13. The Kier molecular flexibility index (Phi) is 10.4. The first-order valence-electron chi connectivity index (χ1n) is 11.8. The van der Waals surface area contributed by atoms with Crippen molar-refractivity contribution in [2.45, 2.75) is 20.5 Å². The summed E-state index contributed by atoms with van der Waals surface area (Å²) >= 11 is 2.07. The molecule has 0 heterocycles. The van der Waals surface area contributed by atoms with E-state index in [-0.39, 0.29) is 24.5 Å². The lowest BCUT2D eigenvalue weighted by Gasteiger charge is -2.15. The fourth-order valence-electron chi connectivity index (χ4n) is 3.36. The lowest BCUT2D eigenvalue weighted by atomic mass is 10.1. The lowest BCUT2D eigenvalue weighted by molar-refractivity contribution is -0.384. The maximum Gasteiger partial charge on any atom is 0.338 e. The second-order valence-corrected chi connectivity index (χ2v) is 9.06. The van der Waals surface area contributed by atoms with Gasteiger partial charge in [0.05, 0.1) is 27.3 Å². The number of nitro groups is 1. The third-order valence-corrected chi connectivity index (χ3v) is 5.99. The fourth-order valence-corrected chi connectivity index (χ4v) is 4.14. The van der Waals surface area contributed by atoms with Gasteiger partial charge in [-0.15, -0.1) is 0 Å². The van der Waals surface area contributed by atoms with E-state index in [1.807, 2.05) is 13.0 Å². The van der Waals surface area contributed by atoms with Gasteiger partial charge in [0.25, 0.3) is 11.6 Å². The minimum absolute atomic E-state index is 0.00880. The van der Waals surface area contributed by atoms with Crippen molar-refractivity contribution in [3.05, 3.63) is 96.6 Å². The standard InChI is InChI=1S/C28H24IN3O7/c1-3-37-25-15-19(14-24(29)26(25)39-17-18-5-11-23(12-6-18)32(35)36)13-21(16-30)27(33)31-22-9-7-20(8-10-22)28(34)38-4-2/h5-15H,3-4,17H2,1-2H3,(H,31,33)/b21-13+. The summed E-state index contributed by atoms with van der Waals surface area (Å²) in [5, 5.41) is 23.1. The van der Waals surface area contributed by atoms with Gasteiger partial charge in [-0.3, -0.25) is 14.9 Å². The number of rotatable bonds is 11. The van der Waals surface area contributed by atoms with Crippen LogP contribution in [0.15, 0.2) is 66.2 Å². The van der Waals surface area contributed by atoms with Crippen molar-refractivity contribution in [3.63, 3.8) is 0 Å². The van der Waals surface area contributed by atoms with Gasteiger partial charge in [-0.25, -0.2) is 4.79 Å². The predicted molar refractivity (Wildman–Crippen MR) is 152 cm³/mol. The molecule has 3 aromatic carbocycles. The van der Waals surface area contributed by atoms with E-state index in [0.29, 0.717) is 38.5 Å². The van der Waals surface area contributed by atoms with Crippen LogP contribution in [0, 0.1) is 25.0 Å². The molecule has 3 aromatic rings. The molecule has 0 bridgehead atoms. The number of hydrogen-bond donors (Lipinski definition) is 1. The molecule has 0 fully saturated rings. The van der Waals surface area contributed by atoms with Crippen molar-refractivity contribution in [1.82, 2.24) is 0 Å². The first-order valence-corrected chi connectivity index (χ1v) is 12.9. The van der Waals surface area contributed by atoms with E-state index in [0.717, 1.165) is 5.56 Å². The number of nitrogens with one attached hydrogen (secondary N) is 1. The number of amides is 1. The van der Waals surface area contributed by atoms with Crippen LogP contribution in [-0.2, 0) is 16.1 Å². The molecule has 0 aliphatic carbocycles. The fraction of sp³-hybridized carbons (Fsp3) is 0.179. The Balaban J connectivity index is 1.77. The molecule has 10 nitrogen and oxygen atoms in total. The minimum Gasteiger partial charge on any atom is -0.490 e. The second kappa shape index (κ2) is 13.9. The molecule has 0 aliphatic rings. The third kappa shape index (κ3) is 8.02. The van der Waals surface area contributed by atoms with Crippen LogP contribution in [0.1, 0.15) is 35.3 Å². The number of ether oxygens (including phenoxy) is 3. The molecule has 0 aliphatic heterocycles. The number of hydrogen-bond acceptors (Lipinski definition) is 8. The summed E-state index contributed by atoms with van der Waals surface area (Å²) in [6.45, 7) is 4.29. The van der Waals surface area contributed by atoms with Crippen molar-refractivity contribution in [2.24, 2.45) is 0 Å². The summed E-state index contributed by atoms with van der Waals surface area (Å²) in [6.07, 6.45) is 1.44. The highest BCUT2D eigenvalue weighted by atomic mass is 127. The Bertz CT molecular complexity index is 1430. The molecule has 39 heavy (non-hydrogen) atoms. The number of nitro benzene ring substituents is 1. The van der Waals surface area contributed by atoms with E-state index >= 15 is 0 Å². The average molecular weight is 641 g/mol. The topological polar surface area (TPSA) is 141 Å². The van der Waals surface area contributed by atoms with Gasteiger partial charge < -0.3 is 19.5 Å². The highest BCUT2D eigenvalue weighted by molar-refractivity contribution is 14.1. The monoisotopic (exact) mass is 641 g/mol. The maximum absolute atomic E-state index is 12.8. The second-order valence-electron chi connectivity index (χ2n) is 7.90. The molecule has 1 amide bonds. The number of anilines is 1. The Morgan fingerprint density at radius 3 is 2.33 bits per heavy atom. The summed E-state index contributed by atoms with van der Waals surface area (Å²) in [6, 6.07) is 17.5. The summed E-state index contributed by atoms with van der Waals surface area (Å²) in [7, 11) is 0. The highest BCUT2D eigenvalue weighted by Crippen LogP contribution is 2.35. The summed E-state index contributed by atoms with van der Waals surface area (Å²) < 4.78 is 17.3. The van der Waals surface area contributed by atoms with Crippen molar-refractivity contribution in [2.75, 3.05) is 18.5 Å². The van der Waals surface area contributed by atoms with E-state index < -0.39 is 16.8 Å². The number of benzene rings is 3. The normalized spacial score (nSPS) is 10.8. The Hall–Kier alpha value is -4.44. The minimum atomic E-state index is -0.618. The largest absolute Gasteiger partial charge is 0.490 e. The van der Waals surface area contributed by atoms with Gasteiger partial charge >= 0.3 is 5.97 Å². The van der Waals surface area contributed by atoms with Crippen LogP contribution in [0.2, 0.25) is 0 Å². The molecular formula is C28H24IN3O7. The highest BCUT2D eigenvalue weighted by Gasteiger charge is 2.16. The molecule has 11 heteroatoms. The Labute approximate surface area is 238 Å². The van der Waals surface area contributed by atoms with E-state index in [2.05, 4.69) is 27.9 Å². The van der Waals surface area contributed by atoms with Gasteiger partial charge in [0.15, 0.2) is 11.5 Å². The molecule has 1 N–H and O–H groups in total. The third-order valence-electron chi connectivity index (χ3n) is 5.19. The SMILES string of the molecule is CCOC(=O)c1ccc(NC(=O)/C(C#N)=C/c2cc(I)c(OCc3ccc([N+](=O)[O-])cc3)c(OCC)c2)cc1. The van der Waals surface area contributed by atoms with Crippen LogP contribution in [0.25, 0.3) is 6.08 Å². The van der Waals surface area contributed by atoms with Gasteiger partial charge in [0.2, 0.25) is 0 Å².